The third kappa shape index (κ3) is 3.00. The van der Waals surface area contributed by atoms with Gasteiger partial charge in [-0.25, -0.2) is 4.79 Å². The molecule has 3 heterocycles. The number of ether oxygens (including phenoxy) is 2. The van der Waals surface area contributed by atoms with E-state index in [1.807, 2.05) is 0 Å². The molecule has 0 saturated carbocycles. The molecule has 5 nitrogen and oxygen atoms in total. The summed E-state index contributed by atoms with van der Waals surface area (Å²) in [5.74, 6) is -0.115. The maximum atomic E-state index is 12.3. The number of esters is 1. The predicted octanol–water partition coefficient (Wildman–Crippen LogP) is 2.56. The molecule has 3 rings (SSSR count). The molecule has 0 unspecified atom stereocenters. The molecule has 1 aliphatic rings. The van der Waals surface area contributed by atoms with Gasteiger partial charge in [0.15, 0.2) is 11.5 Å². The lowest BCUT2D eigenvalue weighted by atomic mass is 10.1. The summed E-state index contributed by atoms with van der Waals surface area (Å²) in [4.78, 5) is 27.4. The van der Waals surface area contributed by atoms with Gasteiger partial charge in [0.1, 0.15) is 5.75 Å². The van der Waals surface area contributed by atoms with Gasteiger partial charge < -0.3 is 14.4 Å². The Morgan fingerprint density at radius 3 is 2.91 bits per heavy atom. The zero-order valence-electron chi connectivity index (χ0n) is 12.0. The van der Waals surface area contributed by atoms with Crippen LogP contribution in [0.4, 0.5) is 0 Å². The normalized spacial score (nSPS) is 13.6. The number of amides is 1. The number of fused-ring (bicyclic) bond motifs is 1. The lowest BCUT2D eigenvalue weighted by Gasteiger charge is -2.26. The first kappa shape index (κ1) is 15.1. The van der Waals surface area contributed by atoms with Gasteiger partial charge in [-0.2, -0.15) is 0 Å². The van der Waals surface area contributed by atoms with Gasteiger partial charge >= 0.3 is 5.97 Å². The van der Waals surface area contributed by atoms with Gasteiger partial charge in [-0.15, -0.1) is 22.7 Å². The van der Waals surface area contributed by atoms with Crippen LogP contribution in [0.1, 0.15) is 20.1 Å². The molecule has 0 saturated heterocycles. The maximum Gasteiger partial charge on any atom is 0.351 e. The molecule has 0 spiro atoms. The standard InChI is InChI=1S/C15H15NO4S2/c1-19-15(18)14-11(4-7-22-14)20-9-13(17)16-5-2-12-10(8-16)3-6-21-12/h3-4,6-7H,2,5,8-9H2,1H3. The van der Waals surface area contributed by atoms with E-state index in [2.05, 4.69) is 16.2 Å². The molecule has 22 heavy (non-hydrogen) atoms. The third-order valence-corrected chi connectivity index (χ3v) is 5.41. The van der Waals surface area contributed by atoms with Crippen LogP contribution in [-0.2, 0) is 22.5 Å². The van der Waals surface area contributed by atoms with Gasteiger partial charge in [-0.3, -0.25) is 4.79 Å². The molecule has 2 aromatic heterocycles. The second-order valence-electron chi connectivity index (χ2n) is 4.83. The molecule has 7 heteroatoms. The number of rotatable bonds is 4. The molecule has 0 N–H and O–H groups in total. The third-order valence-electron chi connectivity index (χ3n) is 3.51. The summed E-state index contributed by atoms with van der Waals surface area (Å²) in [5, 5.41) is 3.80. The average molecular weight is 337 g/mol. The van der Waals surface area contributed by atoms with Crippen LogP contribution in [0.2, 0.25) is 0 Å². The molecular weight excluding hydrogens is 322 g/mol. The van der Waals surface area contributed by atoms with E-state index in [4.69, 9.17) is 4.74 Å². The number of carbonyl (C=O) groups is 2. The van der Waals surface area contributed by atoms with Crippen molar-refractivity contribution in [3.63, 3.8) is 0 Å². The zero-order chi connectivity index (χ0) is 15.5. The minimum Gasteiger partial charge on any atom is -0.482 e. The highest BCUT2D eigenvalue weighted by Gasteiger charge is 2.22. The summed E-state index contributed by atoms with van der Waals surface area (Å²) in [6.07, 6.45) is 0.893. The SMILES string of the molecule is COC(=O)c1sccc1OCC(=O)N1CCc2sccc2C1. The van der Waals surface area contributed by atoms with E-state index in [9.17, 15) is 9.59 Å². The summed E-state index contributed by atoms with van der Waals surface area (Å²) in [7, 11) is 1.32. The van der Waals surface area contributed by atoms with Gasteiger partial charge in [-0.05, 0) is 34.9 Å². The van der Waals surface area contributed by atoms with Crippen molar-refractivity contribution in [1.82, 2.24) is 4.90 Å². The van der Waals surface area contributed by atoms with E-state index < -0.39 is 5.97 Å². The Morgan fingerprint density at radius 2 is 2.09 bits per heavy atom. The monoisotopic (exact) mass is 337 g/mol. The van der Waals surface area contributed by atoms with Crippen molar-refractivity contribution in [3.05, 3.63) is 38.2 Å². The van der Waals surface area contributed by atoms with E-state index in [0.717, 1.165) is 6.42 Å². The van der Waals surface area contributed by atoms with Crippen LogP contribution in [0, 0.1) is 0 Å². The van der Waals surface area contributed by atoms with Crippen molar-refractivity contribution in [1.29, 1.82) is 0 Å². The second kappa shape index (κ2) is 6.50. The van der Waals surface area contributed by atoms with E-state index >= 15 is 0 Å². The Hall–Kier alpha value is -1.86. The largest absolute Gasteiger partial charge is 0.482 e. The fraction of sp³-hybridized carbons (Fsp3) is 0.333. The first-order valence-corrected chi connectivity index (χ1v) is 8.56. The van der Waals surface area contributed by atoms with Crippen LogP contribution in [0.25, 0.3) is 0 Å². The van der Waals surface area contributed by atoms with Gasteiger partial charge in [0, 0.05) is 18.0 Å². The van der Waals surface area contributed by atoms with Gasteiger partial charge in [-0.1, -0.05) is 0 Å². The van der Waals surface area contributed by atoms with Crippen molar-refractivity contribution < 1.29 is 19.1 Å². The molecule has 0 bridgehead atoms. The van der Waals surface area contributed by atoms with Crippen LogP contribution >= 0.6 is 22.7 Å². The van der Waals surface area contributed by atoms with Crippen molar-refractivity contribution in [2.45, 2.75) is 13.0 Å². The number of nitrogens with zero attached hydrogens (tertiary/aromatic N) is 1. The van der Waals surface area contributed by atoms with Crippen molar-refractivity contribution in [2.75, 3.05) is 20.3 Å². The van der Waals surface area contributed by atoms with E-state index in [1.165, 1.54) is 28.9 Å². The highest BCUT2D eigenvalue weighted by Crippen LogP contribution is 2.26. The zero-order valence-corrected chi connectivity index (χ0v) is 13.7. The molecule has 0 atom stereocenters. The Balaban J connectivity index is 1.59. The number of hydrogen-bond donors (Lipinski definition) is 0. The van der Waals surface area contributed by atoms with Crippen LogP contribution < -0.4 is 4.74 Å². The summed E-state index contributed by atoms with van der Waals surface area (Å²) < 4.78 is 10.2. The first-order chi connectivity index (χ1) is 10.7. The van der Waals surface area contributed by atoms with Crippen LogP contribution in [-0.4, -0.2) is 37.0 Å². The van der Waals surface area contributed by atoms with Crippen molar-refractivity contribution in [3.8, 4) is 5.75 Å². The Kier molecular flexibility index (Phi) is 4.44. The summed E-state index contributed by atoms with van der Waals surface area (Å²) in [6, 6.07) is 3.74. The van der Waals surface area contributed by atoms with E-state index in [0.29, 0.717) is 23.7 Å². The van der Waals surface area contributed by atoms with Crippen LogP contribution in [0.5, 0.6) is 5.75 Å². The Labute approximate surface area is 136 Å². The predicted molar refractivity (Wildman–Crippen MR) is 84.6 cm³/mol. The molecule has 2 aromatic rings. The maximum absolute atomic E-state index is 12.3. The minimum absolute atomic E-state index is 0.0692. The van der Waals surface area contributed by atoms with Crippen LogP contribution in [0.15, 0.2) is 22.9 Å². The van der Waals surface area contributed by atoms with Crippen LogP contribution in [0.3, 0.4) is 0 Å². The number of carbonyl (C=O) groups excluding carboxylic acids is 2. The fourth-order valence-electron chi connectivity index (χ4n) is 2.34. The average Bonchev–Trinajstić information content (AvgIpc) is 3.19. The smallest absolute Gasteiger partial charge is 0.351 e. The lowest BCUT2D eigenvalue weighted by Crippen LogP contribution is -2.38. The van der Waals surface area contributed by atoms with Gasteiger partial charge in [0.2, 0.25) is 0 Å². The second-order valence-corrected chi connectivity index (χ2v) is 6.75. The topological polar surface area (TPSA) is 55.8 Å². The summed E-state index contributed by atoms with van der Waals surface area (Å²) >= 11 is 2.98. The lowest BCUT2D eigenvalue weighted by molar-refractivity contribution is -0.134. The molecule has 0 aromatic carbocycles. The summed E-state index contributed by atoms with van der Waals surface area (Å²) in [5.41, 5.74) is 1.22. The molecule has 0 radical (unpaired) electrons. The minimum atomic E-state index is -0.446. The molecule has 0 aliphatic carbocycles. The number of hydrogen-bond acceptors (Lipinski definition) is 6. The number of thiophene rings is 2. The van der Waals surface area contributed by atoms with E-state index in [-0.39, 0.29) is 12.5 Å². The molecular formula is C15H15NO4S2. The Morgan fingerprint density at radius 1 is 1.27 bits per heavy atom. The first-order valence-electron chi connectivity index (χ1n) is 6.80. The summed E-state index contributed by atoms with van der Waals surface area (Å²) in [6.45, 7) is 1.28. The van der Waals surface area contributed by atoms with Gasteiger partial charge in [0.05, 0.1) is 7.11 Å². The van der Waals surface area contributed by atoms with Crippen molar-refractivity contribution in [2.24, 2.45) is 0 Å². The Bertz CT molecular complexity index is 691. The van der Waals surface area contributed by atoms with Gasteiger partial charge in [0.25, 0.3) is 5.91 Å². The molecule has 1 aliphatic heterocycles. The molecule has 1 amide bonds. The highest BCUT2D eigenvalue weighted by atomic mass is 32.1. The highest BCUT2D eigenvalue weighted by molar-refractivity contribution is 7.12. The van der Waals surface area contributed by atoms with E-state index in [1.54, 1.807) is 27.7 Å². The quantitative estimate of drug-likeness (QED) is 0.805. The molecule has 0 fully saturated rings. The fourth-order valence-corrected chi connectivity index (χ4v) is 3.98. The molecule has 116 valence electrons. The van der Waals surface area contributed by atoms with Crippen molar-refractivity contribution >= 4 is 34.6 Å². The number of methoxy groups -OCH3 is 1.